The fourth-order valence-corrected chi connectivity index (χ4v) is 2.14. The zero-order chi connectivity index (χ0) is 15.1. The summed E-state index contributed by atoms with van der Waals surface area (Å²) in [7, 11) is 0. The number of aliphatic hydroxyl groups excluding tert-OH is 1. The van der Waals surface area contributed by atoms with Crippen molar-refractivity contribution in [1.82, 2.24) is 5.32 Å². The van der Waals surface area contributed by atoms with Gasteiger partial charge in [-0.15, -0.1) is 0 Å². The van der Waals surface area contributed by atoms with Gasteiger partial charge in [0.25, 0.3) is 0 Å². The number of carbonyl (C=O) groups is 1. The number of rotatable bonds is 7. The zero-order valence-electron chi connectivity index (χ0n) is 11.8. The van der Waals surface area contributed by atoms with Crippen LogP contribution in [-0.2, 0) is 11.2 Å². The van der Waals surface area contributed by atoms with Gasteiger partial charge < -0.3 is 10.4 Å². The number of halogens is 2. The fraction of sp³-hybridized carbons (Fsp3) is 0.533. The third-order valence-electron chi connectivity index (χ3n) is 3.48. The van der Waals surface area contributed by atoms with Crippen molar-refractivity contribution in [1.29, 1.82) is 0 Å². The van der Waals surface area contributed by atoms with Crippen LogP contribution in [0, 0.1) is 17.6 Å². The van der Waals surface area contributed by atoms with E-state index >= 15 is 0 Å². The van der Waals surface area contributed by atoms with Gasteiger partial charge in [0.15, 0.2) is 11.6 Å². The summed E-state index contributed by atoms with van der Waals surface area (Å²) in [6, 6.07) is 3.74. The van der Waals surface area contributed by atoms with Gasteiger partial charge in [-0.1, -0.05) is 38.8 Å². The van der Waals surface area contributed by atoms with E-state index in [4.69, 9.17) is 0 Å². The third kappa shape index (κ3) is 4.56. The molecule has 5 heteroatoms. The zero-order valence-corrected chi connectivity index (χ0v) is 11.8. The summed E-state index contributed by atoms with van der Waals surface area (Å²) in [5.74, 6) is -2.27. The van der Waals surface area contributed by atoms with Crippen LogP contribution in [0.1, 0.15) is 32.3 Å². The van der Waals surface area contributed by atoms with E-state index < -0.39 is 23.6 Å². The first-order chi connectivity index (χ1) is 9.49. The van der Waals surface area contributed by atoms with Crippen LogP contribution in [0.5, 0.6) is 0 Å². The van der Waals surface area contributed by atoms with E-state index in [1.165, 1.54) is 12.1 Å². The average molecular weight is 285 g/mol. The number of aliphatic hydroxyl groups is 1. The molecule has 1 amide bonds. The molecule has 1 aromatic carbocycles. The molecule has 0 spiro atoms. The van der Waals surface area contributed by atoms with Gasteiger partial charge in [-0.05, 0) is 12.0 Å². The Morgan fingerprint density at radius 2 is 1.95 bits per heavy atom. The Kier molecular flexibility index (Phi) is 6.58. The number of amides is 1. The molecule has 0 saturated carbocycles. The van der Waals surface area contributed by atoms with Gasteiger partial charge >= 0.3 is 0 Å². The van der Waals surface area contributed by atoms with E-state index in [2.05, 4.69) is 5.32 Å². The molecular formula is C15H21F2NO2. The van der Waals surface area contributed by atoms with Crippen molar-refractivity contribution < 1.29 is 18.7 Å². The molecule has 2 N–H and O–H groups in total. The second-order valence-corrected chi connectivity index (χ2v) is 4.84. The number of hydrogen-bond donors (Lipinski definition) is 2. The maximum atomic E-state index is 13.4. The lowest BCUT2D eigenvalue weighted by atomic mass is 9.96. The number of hydrogen-bond acceptors (Lipinski definition) is 2. The van der Waals surface area contributed by atoms with Crippen LogP contribution in [0.15, 0.2) is 18.2 Å². The molecule has 0 aliphatic rings. The van der Waals surface area contributed by atoms with Gasteiger partial charge in [0, 0.05) is 12.1 Å². The SMILES string of the molecule is CCC(CC)C(O)CNC(=O)Cc1cccc(F)c1F. The van der Waals surface area contributed by atoms with E-state index in [0.29, 0.717) is 0 Å². The van der Waals surface area contributed by atoms with Crippen molar-refractivity contribution in [2.24, 2.45) is 5.92 Å². The van der Waals surface area contributed by atoms with Crippen molar-refractivity contribution in [3.8, 4) is 0 Å². The van der Waals surface area contributed by atoms with Gasteiger partial charge in [-0.25, -0.2) is 8.78 Å². The van der Waals surface area contributed by atoms with E-state index in [-0.39, 0.29) is 24.4 Å². The Bertz CT molecular complexity index is 447. The van der Waals surface area contributed by atoms with Gasteiger partial charge in [0.05, 0.1) is 12.5 Å². The first-order valence-corrected chi connectivity index (χ1v) is 6.87. The Morgan fingerprint density at radius 1 is 1.30 bits per heavy atom. The quantitative estimate of drug-likeness (QED) is 0.808. The molecule has 0 aliphatic heterocycles. The Hall–Kier alpha value is -1.49. The molecular weight excluding hydrogens is 264 g/mol. The molecule has 0 fully saturated rings. The van der Waals surface area contributed by atoms with E-state index in [1.54, 1.807) is 0 Å². The Labute approximate surface area is 118 Å². The molecule has 1 unspecified atom stereocenters. The largest absolute Gasteiger partial charge is 0.391 e. The molecule has 1 aromatic rings. The fourth-order valence-electron chi connectivity index (χ4n) is 2.14. The Morgan fingerprint density at radius 3 is 2.55 bits per heavy atom. The van der Waals surface area contributed by atoms with Crippen LogP contribution in [0.3, 0.4) is 0 Å². The maximum Gasteiger partial charge on any atom is 0.224 e. The number of benzene rings is 1. The van der Waals surface area contributed by atoms with Crippen LogP contribution in [-0.4, -0.2) is 23.7 Å². The molecule has 0 saturated heterocycles. The molecule has 0 aromatic heterocycles. The molecule has 0 bridgehead atoms. The second-order valence-electron chi connectivity index (χ2n) is 4.84. The summed E-state index contributed by atoms with van der Waals surface area (Å²) in [5, 5.41) is 12.4. The molecule has 1 rings (SSSR count). The molecule has 1 atom stereocenters. The minimum atomic E-state index is -0.997. The molecule has 3 nitrogen and oxygen atoms in total. The van der Waals surface area contributed by atoms with Gasteiger partial charge in [0.2, 0.25) is 5.91 Å². The second kappa shape index (κ2) is 7.94. The van der Waals surface area contributed by atoms with Crippen molar-refractivity contribution >= 4 is 5.91 Å². The monoisotopic (exact) mass is 285 g/mol. The highest BCUT2D eigenvalue weighted by atomic mass is 19.2. The highest BCUT2D eigenvalue weighted by Crippen LogP contribution is 2.13. The predicted molar refractivity (Wildman–Crippen MR) is 73.2 cm³/mol. The predicted octanol–water partition coefficient (Wildman–Crippen LogP) is 2.42. The minimum absolute atomic E-state index is 0.0134. The van der Waals surface area contributed by atoms with Crippen LogP contribution >= 0.6 is 0 Å². The normalized spacial score (nSPS) is 12.5. The van der Waals surface area contributed by atoms with Crippen LogP contribution < -0.4 is 5.32 Å². The van der Waals surface area contributed by atoms with E-state index in [1.807, 2.05) is 13.8 Å². The topological polar surface area (TPSA) is 49.3 Å². The van der Waals surface area contributed by atoms with Crippen molar-refractivity contribution in [2.45, 2.75) is 39.2 Å². The maximum absolute atomic E-state index is 13.4. The van der Waals surface area contributed by atoms with Crippen LogP contribution in [0.25, 0.3) is 0 Å². The third-order valence-corrected chi connectivity index (χ3v) is 3.48. The summed E-state index contributed by atoms with van der Waals surface area (Å²) < 4.78 is 26.4. The van der Waals surface area contributed by atoms with E-state index in [0.717, 1.165) is 18.9 Å². The summed E-state index contributed by atoms with van der Waals surface area (Å²) in [6.45, 7) is 4.07. The highest BCUT2D eigenvalue weighted by Gasteiger charge is 2.17. The summed E-state index contributed by atoms with van der Waals surface area (Å²) in [4.78, 5) is 11.7. The van der Waals surface area contributed by atoms with Crippen molar-refractivity contribution in [3.05, 3.63) is 35.4 Å². The van der Waals surface area contributed by atoms with Crippen LogP contribution in [0.4, 0.5) is 8.78 Å². The van der Waals surface area contributed by atoms with Crippen molar-refractivity contribution in [2.75, 3.05) is 6.54 Å². The standard InChI is InChI=1S/C15H21F2NO2/c1-3-10(4-2)13(19)9-18-14(20)8-11-6-5-7-12(16)15(11)17/h5-7,10,13,19H,3-4,8-9H2,1-2H3,(H,18,20). The Balaban J connectivity index is 2.50. The number of nitrogens with one attached hydrogen (secondary N) is 1. The molecule has 0 radical (unpaired) electrons. The lowest BCUT2D eigenvalue weighted by Gasteiger charge is -2.20. The summed E-state index contributed by atoms with van der Waals surface area (Å²) in [6.07, 6.45) is 0.795. The highest BCUT2D eigenvalue weighted by molar-refractivity contribution is 5.78. The van der Waals surface area contributed by atoms with Crippen LogP contribution in [0.2, 0.25) is 0 Å². The first kappa shape index (κ1) is 16.6. The van der Waals surface area contributed by atoms with Gasteiger partial charge in [-0.3, -0.25) is 4.79 Å². The molecule has 0 aliphatic carbocycles. The number of carbonyl (C=O) groups excluding carboxylic acids is 1. The molecule has 20 heavy (non-hydrogen) atoms. The molecule has 112 valence electrons. The van der Waals surface area contributed by atoms with E-state index in [9.17, 15) is 18.7 Å². The minimum Gasteiger partial charge on any atom is -0.391 e. The van der Waals surface area contributed by atoms with Gasteiger partial charge in [-0.2, -0.15) is 0 Å². The molecule has 0 heterocycles. The van der Waals surface area contributed by atoms with Gasteiger partial charge in [0.1, 0.15) is 0 Å². The summed E-state index contributed by atoms with van der Waals surface area (Å²) >= 11 is 0. The lowest BCUT2D eigenvalue weighted by Crippen LogP contribution is -2.36. The first-order valence-electron chi connectivity index (χ1n) is 6.87. The average Bonchev–Trinajstić information content (AvgIpc) is 2.43. The lowest BCUT2D eigenvalue weighted by molar-refractivity contribution is -0.121. The smallest absolute Gasteiger partial charge is 0.224 e. The summed E-state index contributed by atoms with van der Waals surface area (Å²) in [5.41, 5.74) is 0.0134. The van der Waals surface area contributed by atoms with Crippen molar-refractivity contribution in [3.63, 3.8) is 0 Å².